The second kappa shape index (κ2) is 7.67. The summed E-state index contributed by atoms with van der Waals surface area (Å²) in [5.74, 6) is 0.715. The second-order valence-electron chi connectivity index (χ2n) is 5.21. The smallest absolute Gasteiger partial charge is 0.319 e. The molecule has 9 heteroatoms. The normalized spacial score (nSPS) is 11.2. The predicted molar refractivity (Wildman–Crippen MR) is 101 cm³/mol. The molecule has 3 aromatic heterocycles. The maximum Gasteiger partial charge on any atom is 0.319 e. The van der Waals surface area contributed by atoms with Crippen LogP contribution in [0.15, 0.2) is 16.2 Å². The zero-order chi connectivity index (χ0) is 17.1. The van der Waals surface area contributed by atoms with Gasteiger partial charge in [-0.3, -0.25) is 4.40 Å². The summed E-state index contributed by atoms with van der Waals surface area (Å²) in [5.41, 5.74) is 1.88. The van der Waals surface area contributed by atoms with Crippen LogP contribution in [0.2, 0.25) is 5.15 Å². The lowest BCUT2D eigenvalue weighted by Crippen LogP contribution is -2.08. The molecule has 0 saturated carbocycles. The van der Waals surface area contributed by atoms with Crippen molar-refractivity contribution in [3.05, 3.63) is 32.6 Å². The van der Waals surface area contributed by atoms with Crippen LogP contribution in [0, 0.1) is 6.92 Å². The van der Waals surface area contributed by atoms with Crippen LogP contribution in [0.1, 0.15) is 24.6 Å². The third kappa shape index (κ3) is 3.99. The molecule has 0 aliphatic carbocycles. The SMILES string of the molecule is CCNc1nc(OCCCc2cn3cc(Br)sc3n2)nc(Cl)c1C. The Labute approximate surface area is 157 Å². The Morgan fingerprint density at radius 2 is 2.17 bits per heavy atom. The average molecular weight is 431 g/mol. The van der Waals surface area contributed by atoms with Crippen molar-refractivity contribution in [2.45, 2.75) is 26.7 Å². The minimum Gasteiger partial charge on any atom is -0.463 e. The van der Waals surface area contributed by atoms with E-state index in [-0.39, 0.29) is 0 Å². The van der Waals surface area contributed by atoms with Gasteiger partial charge < -0.3 is 10.1 Å². The van der Waals surface area contributed by atoms with Crippen molar-refractivity contribution in [3.63, 3.8) is 0 Å². The Hall–Kier alpha value is -1.38. The number of hydrogen-bond acceptors (Lipinski definition) is 6. The molecule has 3 aromatic rings. The molecule has 0 saturated heterocycles. The van der Waals surface area contributed by atoms with Gasteiger partial charge in [-0.25, -0.2) is 4.98 Å². The molecule has 1 N–H and O–H groups in total. The van der Waals surface area contributed by atoms with Gasteiger partial charge in [-0.15, -0.1) is 0 Å². The lowest BCUT2D eigenvalue weighted by Gasteiger charge is -2.10. The molecule has 0 bridgehead atoms. The molecule has 3 rings (SSSR count). The second-order valence-corrected chi connectivity index (χ2v) is 7.96. The Morgan fingerprint density at radius 3 is 2.92 bits per heavy atom. The van der Waals surface area contributed by atoms with E-state index >= 15 is 0 Å². The fourth-order valence-corrected chi connectivity index (χ4v) is 3.76. The van der Waals surface area contributed by atoms with Crippen molar-refractivity contribution in [1.82, 2.24) is 19.4 Å². The van der Waals surface area contributed by atoms with Gasteiger partial charge in [0.05, 0.1) is 16.1 Å². The number of rotatable bonds is 7. The number of aromatic nitrogens is 4. The van der Waals surface area contributed by atoms with Gasteiger partial charge in [-0.1, -0.05) is 22.9 Å². The quantitative estimate of drug-likeness (QED) is 0.446. The number of halogens is 2. The molecular formula is C15H17BrClN5OS. The zero-order valence-electron chi connectivity index (χ0n) is 13.3. The van der Waals surface area contributed by atoms with Gasteiger partial charge in [0, 0.05) is 24.5 Å². The molecule has 0 amide bonds. The van der Waals surface area contributed by atoms with Gasteiger partial charge in [-0.2, -0.15) is 9.97 Å². The molecule has 0 unspecified atom stereocenters. The van der Waals surface area contributed by atoms with Crippen LogP contribution >= 0.6 is 38.9 Å². The number of nitrogens with zero attached hydrogens (tertiary/aromatic N) is 4. The van der Waals surface area contributed by atoms with E-state index < -0.39 is 0 Å². The van der Waals surface area contributed by atoms with Crippen molar-refractivity contribution in [2.24, 2.45) is 0 Å². The number of nitrogens with one attached hydrogen (secondary N) is 1. The molecule has 6 nitrogen and oxygen atoms in total. The van der Waals surface area contributed by atoms with E-state index in [4.69, 9.17) is 16.3 Å². The topological polar surface area (TPSA) is 64.3 Å². The largest absolute Gasteiger partial charge is 0.463 e. The molecule has 0 aliphatic rings. The summed E-state index contributed by atoms with van der Waals surface area (Å²) >= 11 is 11.2. The third-order valence-electron chi connectivity index (χ3n) is 3.40. The van der Waals surface area contributed by atoms with E-state index in [2.05, 4.69) is 36.2 Å². The highest BCUT2D eigenvalue weighted by molar-refractivity contribution is 9.11. The molecule has 0 aromatic carbocycles. The predicted octanol–water partition coefficient (Wildman–Crippen LogP) is 4.35. The summed E-state index contributed by atoms with van der Waals surface area (Å²) in [6, 6.07) is 0.302. The Kier molecular flexibility index (Phi) is 5.57. The van der Waals surface area contributed by atoms with E-state index in [1.165, 1.54) is 0 Å². The first-order valence-corrected chi connectivity index (χ1v) is 9.59. The van der Waals surface area contributed by atoms with E-state index in [0.29, 0.717) is 23.6 Å². The maximum atomic E-state index is 6.12. The Bertz CT molecular complexity index is 818. The molecule has 0 radical (unpaired) electrons. The van der Waals surface area contributed by atoms with E-state index in [1.807, 2.05) is 30.6 Å². The number of thiazole rings is 1. The van der Waals surface area contributed by atoms with Gasteiger partial charge in [-0.05, 0) is 42.6 Å². The van der Waals surface area contributed by atoms with Gasteiger partial charge in [0.1, 0.15) is 11.0 Å². The number of fused-ring (bicyclic) bond motifs is 1. The first-order chi connectivity index (χ1) is 11.6. The molecular weight excluding hydrogens is 414 g/mol. The van der Waals surface area contributed by atoms with Gasteiger partial charge in [0.25, 0.3) is 0 Å². The fraction of sp³-hybridized carbons (Fsp3) is 0.400. The first kappa shape index (κ1) is 17.4. The van der Waals surface area contributed by atoms with Crippen molar-refractivity contribution in [2.75, 3.05) is 18.5 Å². The highest BCUT2D eigenvalue weighted by Gasteiger charge is 2.10. The zero-order valence-corrected chi connectivity index (χ0v) is 16.5. The van der Waals surface area contributed by atoms with Crippen molar-refractivity contribution in [1.29, 1.82) is 0 Å². The number of imidazole rings is 1. The van der Waals surface area contributed by atoms with Crippen LogP contribution < -0.4 is 10.1 Å². The Balaban J connectivity index is 1.55. The average Bonchev–Trinajstić information content (AvgIpc) is 3.05. The van der Waals surface area contributed by atoms with Crippen LogP contribution in [0.25, 0.3) is 4.96 Å². The number of hydrogen-bond donors (Lipinski definition) is 1. The first-order valence-electron chi connectivity index (χ1n) is 7.60. The van der Waals surface area contributed by atoms with Crippen LogP contribution in [-0.2, 0) is 6.42 Å². The fourth-order valence-electron chi connectivity index (χ4n) is 2.23. The molecule has 0 spiro atoms. The van der Waals surface area contributed by atoms with Crippen LogP contribution in [0.5, 0.6) is 6.01 Å². The van der Waals surface area contributed by atoms with Crippen LogP contribution in [0.3, 0.4) is 0 Å². The van der Waals surface area contributed by atoms with Crippen molar-refractivity contribution in [3.8, 4) is 6.01 Å². The summed E-state index contributed by atoms with van der Waals surface area (Å²) in [4.78, 5) is 14.1. The number of anilines is 1. The highest BCUT2D eigenvalue weighted by Crippen LogP contribution is 2.24. The monoisotopic (exact) mass is 429 g/mol. The minimum absolute atomic E-state index is 0.302. The summed E-state index contributed by atoms with van der Waals surface area (Å²) < 4.78 is 8.74. The van der Waals surface area contributed by atoms with E-state index in [9.17, 15) is 0 Å². The lowest BCUT2D eigenvalue weighted by atomic mass is 10.3. The third-order valence-corrected chi connectivity index (χ3v) is 5.24. The standard InChI is InChI=1S/C15H17BrClN5OS/c1-3-18-13-9(2)12(17)20-14(21-13)23-6-4-5-10-7-22-8-11(16)24-15(22)19-10/h7-8H,3-6H2,1-2H3,(H,18,20,21). The lowest BCUT2D eigenvalue weighted by molar-refractivity contribution is 0.286. The summed E-state index contributed by atoms with van der Waals surface area (Å²) in [6.07, 6.45) is 5.72. The Morgan fingerprint density at radius 1 is 1.33 bits per heavy atom. The van der Waals surface area contributed by atoms with Gasteiger partial charge >= 0.3 is 6.01 Å². The molecule has 0 aliphatic heterocycles. The van der Waals surface area contributed by atoms with Crippen LogP contribution in [0.4, 0.5) is 5.82 Å². The van der Waals surface area contributed by atoms with Crippen LogP contribution in [-0.4, -0.2) is 32.5 Å². The molecule has 128 valence electrons. The molecule has 0 fully saturated rings. The molecule has 0 atom stereocenters. The van der Waals surface area contributed by atoms with E-state index in [1.54, 1.807) is 11.3 Å². The number of aryl methyl sites for hydroxylation is 1. The molecule has 3 heterocycles. The minimum atomic E-state index is 0.302. The summed E-state index contributed by atoms with van der Waals surface area (Å²) in [5, 5.41) is 3.57. The summed E-state index contributed by atoms with van der Waals surface area (Å²) in [7, 11) is 0. The highest BCUT2D eigenvalue weighted by atomic mass is 79.9. The van der Waals surface area contributed by atoms with E-state index in [0.717, 1.165) is 39.4 Å². The van der Waals surface area contributed by atoms with Crippen molar-refractivity contribution < 1.29 is 4.74 Å². The van der Waals surface area contributed by atoms with Gasteiger partial charge in [0.15, 0.2) is 4.96 Å². The van der Waals surface area contributed by atoms with Gasteiger partial charge in [0.2, 0.25) is 0 Å². The maximum absolute atomic E-state index is 6.12. The molecule has 24 heavy (non-hydrogen) atoms. The number of ether oxygens (including phenoxy) is 1. The van der Waals surface area contributed by atoms with Crippen molar-refractivity contribution >= 4 is 49.6 Å². The summed E-state index contributed by atoms with van der Waals surface area (Å²) in [6.45, 7) is 5.16.